The molecule has 1 atom stereocenters. The monoisotopic (exact) mass is 308 g/mol. The van der Waals surface area contributed by atoms with Crippen LogP contribution in [0.3, 0.4) is 0 Å². The molecular formula is C14H17ClN4O2. The van der Waals surface area contributed by atoms with Crippen LogP contribution >= 0.6 is 12.4 Å². The number of rotatable bonds is 4. The molecule has 3 rings (SSSR count). The lowest BCUT2D eigenvalue weighted by Crippen LogP contribution is -2.35. The molecule has 2 aromatic rings. The number of para-hydroxylation sites is 1. The number of aromatic nitrogens is 3. The van der Waals surface area contributed by atoms with Crippen LogP contribution in [0.2, 0.25) is 0 Å². The summed E-state index contributed by atoms with van der Waals surface area (Å²) in [6.45, 7) is 1.33. The van der Waals surface area contributed by atoms with E-state index < -0.39 is 12.0 Å². The Bertz CT molecular complexity index is 602. The molecule has 1 unspecified atom stereocenters. The highest BCUT2D eigenvalue weighted by atomic mass is 35.5. The summed E-state index contributed by atoms with van der Waals surface area (Å²) < 4.78 is 0. The van der Waals surface area contributed by atoms with Crippen molar-refractivity contribution in [3.8, 4) is 5.69 Å². The Morgan fingerprint density at radius 3 is 2.81 bits per heavy atom. The van der Waals surface area contributed by atoms with E-state index in [1.807, 2.05) is 35.2 Å². The molecule has 7 heteroatoms. The predicted molar refractivity (Wildman–Crippen MR) is 79.7 cm³/mol. The second-order valence-electron chi connectivity index (χ2n) is 4.93. The summed E-state index contributed by atoms with van der Waals surface area (Å²) in [7, 11) is 0. The van der Waals surface area contributed by atoms with Crippen LogP contribution < -0.4 is 0 Å². The quantitative estimate of drug-likeness (QED) is 0.931. The lowest BCUT2D eigenvalue weighted by molar-refractivity contribution is -0.142. The molecule has 1 aromatic carbocycles. The van der Waals surface area contributed by atoms with Gasteiger partial charge in [0.2, 0.25) is 0 Å². The van der Waals surface area contributed by atoms with E-state index in [0.717, 1.165) is 24.3 Å². The smallest absolute Gasteiger partial charge is 0.320 e. The van der Waals surface area contributed by atoms with Gasteiger partial charge in [-0.1, -0.05) is 18.2 Å². The molecule has 1 aromatic heterocycles. The van der Waals surface area contributed by atoms with Gasteiger partial charge in [0.15, 0.2) is 0 Å². The highest BCUT2D eigenvalue weighted by Gasteiger charge is 2.30. The summed E-state index contributed by atoms with van der Waals surface area (Å²) in [5, 5.41) is 17.8. The SMILES string of the molecule is Cl.O=C(O)C1CCCN1Cc1cnn(-c2ccccc2)n1. The van der Waals surface area contributed by atoms with Gasteiger partial charge in [-0.2, -0.15) is 15.0 Å². The van der Waals surface area contributed by atoms with Gasteiger partial charge in [0, 0.05) is 6.54 Å². The van der Waals surface area contributed by atoms with Crippen LogP contribution in [-0.2, 0) is 11.3 Å². The summed E-state index contributed by atoms with van der Waals surface area (Å²) in [4.78, 5) is 14.7. The number of carbonyl (C=O) groups is 1. The number of carboxylic acids is 1. The number of likely N-dealkylation sites (tertiary alicyclic amines) is 1. The van der Waals surface area contributed by atoms with Crippen LogP contribution in [0.4, 0.5) is 0 Å². The van der Waals surface area contributed by atoms with Crippen molar-refractivity contribution < 1.29 is 9.90 Å². The number of hydrogen-bond acceptors (Lipinski definition) is 4. The lowest BCUT2D eigenvalue weighted by Gasteiger charge is -2.19. The number of nitrogens with zero attached hydrogens (tertiary/aromatic N) is 4. The second-order valence-corrected chi connectivity index (χ2v) is 4.93. The zero-order chi connectivity index (χ0) is 13.9. The number of aliphatic carboxylic acids is 1. The van der Waals surface area contributed by atoms with Crippen molar-refractivity contribution in [2.45, 2.75) is 25.4 Å². The van der Waals surface area contributed by atoms with E-state index in [0.29, 0.717) is 13.0 Å². The number of carboxylic acid groups (broad SMARTS) is 1. The fourth-order valence-corrected chi connectivity index (χ4v) is 2.56. The molecule has 1 fully saturated rings. The summed E-state index contributed by atoms with van der Waals surface area (Å²) in [5.41, 5.74) is 1.69. The van der Waals surface area contributed by atoms with Crippen molar-refractivity contribution in [1.29, 1.82) is 0 Å². The Balaban J connectivity index is 0.00000161. The molecule has 0 saturated carbocycles. The van der Waals surface area contributed by atoms with Crippen LogP contribution in [0.15, 0.2) is 36.5 Å². The average Bonchev–Trinajstić information content (AvgIpc) is 3.09. The van der Waals surface area contributed by atoms with E-state index in [9.17, 15) is 4.79 Å². The van der Waals surface area contributed by atoms with Gasteiger partial charge >= 0.3 is 5.97 Å². The van der Waals surface area contributed by atoms with Crippen molar-refractivity contribution in [2.24, 2.45) is 0 Å². The maximum atomic E-state index is 11.1. The fraction of sp³-hybridized carbons (Fsp3) is 0.357. The van der Waals surface area contributed by atoms with E-state index in [2.05, 4.69) is 10.2 Å². The number of hydrogen-bond donors (Lipinski definition) is 1. The Morgan fingerprint density at radius 2 is 2.10 bits per heavy atom. The average molecular weight is 309 g/mol. The molecule has 1 aliphatic rings. The molecule has 0 spiro atoms. The van der Waals surface area contributed by atoms with Gasteiger partial charge in [-0.25, -0.2) is 0 Å². The molecule has 1 aliphatic heterocycles. The zero-order valence-corrected chi connectivity index (χ0v) is 12.2. The zero-order valence-electron chi connectivity index (χ0n) is 11.4. The van der Waals surface area contributed by atoms with E-state index in [1.165, 1.54) is 0 Å². The van der Waals surface area contributed by atoms with Gasteiger partial charge in [0.25, 0.3) is 0 Å². The van der Waals surface area contributed by atoms with Crippen molar-refractivity contribution >= 4 is 18.4 Å². The molecule has 1 N–H and O–H groups in total. The molecule has 0 radical (unpaired) electrons. The van der Waals surface area contributed by atoms with Gasteiger partial charge in [0.1, 0.15) is 6.04 Å². The number of benzene rings is 1. The Kier molecular flexibility index (Phi) is 4.93. The topological polar surface area (TPSA) is 71.2 Å². The van der Waals surface area contributed by atoms with Crippen LogP contribution in [-0.4, -0.2) is 43.6 Å². The molecular weight excluding hydrogens is 292 g/mol. The molecule has 1 saturated heterocycles. The highest BCUT2D eigenvalue weighted by Crippen LogP contribution is 2.19. The molecule has 6 nitrogen and oxygen atoms in total. The molecule has 2 heterocycles. The molecule has 21 heavy (non-hydrogen) atoms. The number of halogens is 1. The van der Waals surface area contributed by atoms with E-state index in [-0.39, 0.29) is 12.4 Å². The van der Waals surface area contributed by atoms with E-state index in [1.54, 1.807) is 11.0 Å². The summed E-state index contributed by atoms with van der Waals surface area (Å²) in [5.74, 6) is -0.752. The molecule has 112 valence electrons. The first-order chi connectivity index (χ1) is 9.74. The van der Waals surface area contributed by atoms with Crippen LogP contribution in [0.1, 0.15) is 18.5 Å². The molecule has 0 amide bonds. The largest absolute Gasteiger partial charge is 0.480 e. The van der Waals surface area contributed by atoms with Crippen molar-refractivity contribution in [2.75, 3.05) is 6.54 Å². The highest BCUT2D eigenvalue weighted by molar-refractivity contribution is 5.85. The Labute approximate surface area is 128 Å². The van der Waals surface area contributed by atoms with Gasteiger partial charge < -0.3 is 5.11 Å². The third kappa shape index (κ3) is 3.40. The molecule has 0 bridgehead atoms. The minimum Gasteiger partial charge on any atom is -0.480 e. The third-order valence-corrected chi connectivity index (χ3v) is 3.54. The van der Waals surface area contributed by atoms with Crippen LogP contribution in [0.5, 0.6) is 0 Å². The summed E-state index contributed by atoms with van der Waals surface area (Å²) >= 11 is 0. The predicted octanol–water partition coefficient (Wildman–Crippen LogP) is 1.74. The maximum absolute atomic E-state index is 11.1. The standard InChI is InChI=1S/C14H16N4O2.ClH/c19-14(20)13-7-4-8-17(13)10-11-9-15-18(16-11)12-5-2-1-3-6-12;/h1-3,5-6,9,13H,4,7-8,10H2,(H,19,20);1H. The van der Waals surface area contributed by atoms with Crippen molar-refractivity contribution in [1.82, 2.24) is 19.9 Å². The van der Waals surface area contributed by atoms with Crippen LogP contribution in [0, 0.1) is 0 Å². The first kappa shape index (κ1) is 15.5. The van der Waals surface area contributed by atoms with Crippen LogP contribution in [0.25, 0.3) is 5.69 Å². The first-order valence-electron chi connectivity index (χ1n) is 6.67. The Hall–Kier alpha value is -1.92. The minimum absolute atomic E-state index is 0. The van der Waals surface area contributed by atoms with Gasteiger partial charge in [-0.05, 0) is 31.5 Å². The van der Waals surface area contributed by atoms with E-state index in [4.69, 9.17) is 5.11 Å². The van der Waals surface area contributed by atoms with Gasteiger partial charge in [-0.15, -0.1) is 12.4 Å². The summed E-state index contributed by atoms with van der Waals surface area (Å²) in [6.07, 6.45) is 3.33. The maximum Gasteiger partial charge on any atom is 0.320 e. The van der Waals surface area contributed by atoms with Gasteiger partial charge in [0.05, 0.1) is 17.6 Å². The lowest BCUT2D eigenvalue weighted by atomic mass is 10.2. The normalized spacial score (nSPS) is 18.4. The minimum atomic E-state index is -0.752. The molecule has 0 aliphatic carbocycles. The fourth-order valence-electron chi connectivity index (χ4n) is 2.56. The van der Waals surface area contributed by atoms with E-state index >= 15 is 0 Å². The van der Waals surface area contributed by atoms with Gasteiger partial charge in [-0.3, -0.25) is 9.69 Å². The van der Waals surface area contributed by atoms with Crippen molar-refractivity contribution in [3.05, 3.63) is 42.2 Å². The first-order valence-corrected chi connectivity index (χ1v) is 6.67. The second kappa shape index (κ2) is 6.69. The summed E-state index contributed by atoms with van der Waals surface area (Å²) in [6, 6.07) is 9.27. The Morgan fingerprint density at radius 1 is 1.33 bits per heavy atom. The third-order valence-electron chi connectivity index (χ3n) is 3.54. The van der Waals surface area contributed by atoms with Crippen molar-refractivity contribution in [3.63, 3.8) is 0 Å².